The van der Waals surface area contributed by atoms with Gasteiger partial charge < -0.3 is 0 Å². The van der Waals surface area contributed by atoms with Crippen LogP contribution in [0.1, 0.15) is 70.3 Å². The van der Waals surface area contributed by atoms with E-state index in [4.69, 9.17) is 0 Å². The third kappa shape index (κ3) is 4.42. The molecule has 0 radical (unpaired) electrons. The van der Waals surface area contributed by atoms with Gasteiger partial charge in [0.1, 0.15) is 0 Å². The van der Waals surface area contributed by atoms with Crippen LogP contribution in [0.3, 0.4) is 0 Å². The highest BCUT2D eigenvalue weighted by atomic mass is 79.9. The molecule has 24 heavy (non-hydrogen) atoms. The molecule has 2 aliphatic carbocycles. The van der Waals surface area contributed by atoms with Crippen LogP contribution in [0.15, 0.2) is 48.6 Å². The first kappa shape index (κ1) is 18.0. The van der Waals surface area contributed by atoms with Crippen LogP contribution in [0, 0.1) is 11.8 Å². The Labute approximate surface area is 156 Å². The first-order valence-corrected chi connectivity index (χ1v) is 10.6. The maximum Gasteiger partial charge on any atom is 0.0502 e. The molecule has 3 rings (SSSR count). The second-order valence-electron chi connectivity index (χ2n) is 7.70. The maximum absolute atomic E-state index is 4.11. The largest absolute Gasteiger partial charge is 0.0801 e. The monoisotopic (exact) mass is 386 g/mol. The summed E-state index contributed by atoms with van der Waals surface area (Å²) >= 11 is 4.11. The van der Waals surface area contributed by atoms with Gasteiger partial charge in [0.05, 0.1) is 4.32 Å². The number of rotatable bonds is 6. The molecule has 0 saturated heterocycles. The summed E-state index contributed by atoms with van der Waals surface area (Å²) < 4.78 is 0.194. The Balaban J connectivity index is 1.54. The molecule has 1 atom stereocenters. The topological polar surface area (TPSA) is 0 Å². The van der Waals surface area contributed by atoms with Gasteiger partial charge in [0.2, 0.25) is 0 Å². The van der Waals surface area contributed by atoms with Crippen molar-refractivity contribution in [1.29, 1.82) is 0 Å². The van der Waals surface area contributed by atoms with Crippen LogP contribution in [0.2, 0.25) is 0 Å². The van der Waals surface area contributed by atoms with Crippen LogP contribution in [-0.4, -0.2) is 4.32 Å². The van der Waals surface area contributed by atoms with Crippen LogP contribution in [0.5, 0.6) is 0 Å². The number of alkyl halides is 1. The Hall–Kier alpha value is -0.820. The van der Waals surface area contributed by atoms with Gasteiger partial charge in [-0.2, -0.15) is 0 Å². The number of hydrogen-bond acceptors (Lipinski definition) is 0. The number of hydrogen-bond donors (Lipinski definition) is 0. The minimum absolute atomic E-state index is 0.194. The zero-order valence-corrected chi connectivity index (χ0v) is 16.6. The highest BCUT2D eigenvalue weighted by Crippen LogP contribution is 2.46. The molecule has 0 amide bonds. The Morgan fingerprint density at radius 1 is 1.04 bits per heavy atom. The van der Waals surface area contributed by atoms with Gasteiger partial charge in [0, 0.05) is 0 Å². The summed E-state index contributed by atoms with van der Waals surface area (Å²) in [7, 11) is 0. The van der Waals surface area contributed by atoms with E-state index in [1.807, 2.05) is 0 Å². The smallest absolute Gasteiger partial charge is 0.0502 e. The standard InChI is InChI=1S/C23H31Br/c1-2-3-5-8-19-11-13-22(14-12-19)23(24)17-15-21(16-18-23)20-9-6-4-7-10-20/h4,6-7,9-10,15-17,19,22H,2-3,5,8,11-14,18H2,1H3. The SMILES string of the molecule is CCCCCC1CCC(C2(Br)C=CC(c3ccccc3)=CC2)CC1. The molecule has 2 aliphatic rings. The highest BCUT2D eigenvalue weighted by molar-refractivity contribution is 9.10. The first-order valence-electron chi connectivity index (χ1n) is 9.85. The van der Waals surface area contributed by atoms with Crippen LogP contribution < -0.4 is 0 Å². The summed E-state index contributed by atoms with van der Waals surface area (Å²) in [4.78, 5) is 0. The molecule has 1 saturated carbocycles. The van der Waals surface area contributed by atoms with E-state index in [1.165, 1.54) is 62.5 Å². The van der Waals surface area contributed by atoms with Crippen molar-refractivity contribution in [2.75, 3.05) is 0 Å². The van der Waals surface area contributed by atoms with E-state index in [1.54, 1.807) is 0 Å². The van der Waals surface area contributed by atoms with Crippen LogP contribution in [0.25, 0.3) is 5.57 Å². The molecule has 0 bridgehead atoms. The van der Waals surface area contributed by atoms with E-state index in [9.17, 15) is 0 Å². The highest BCUT2D eigenvalue weighted by Gasteiger charge is 2.36. The Morgan fingerprint density at radius 2 is 1.79 bits per heavy atom. The normalized spacial score (nSPS) is 30.2. The van der Waals surface area contributed by atoms with Gasteiger partial charge in [-0.1, -0.05) is 110 Å². The van der Waals surface area contributed by atoms with Crippen molar-refractivity contribution in [3.05, 3.63) is 54.1 Å². The fraction of sp³-hybridized carbons (Fsp3) is 0.565. The molecule has 0 aliphatic heterocycles. The minimum atomic E-state index is 0.194. The van der Waals surface area contributed by atoms with Crippen molar-refractivity contribution < 1.29 is 0 Å². The van der Waals surface area contributed by atoms with Crippen LogP contribution in [0.4, 0.5) is 0 Å². The van der Waals surface area contributed by atoms with E-state index in [0.29, 0.717) is 0 Å². The molecule has 1 aromatic carbocycles. The van der Waals surface area contributed by atoms with E-state index in [0.717, 1.165) is 18.3 Å². The average Bonchev–Trinajstić information content (AvgIpc) is 2.64. The zero-order chi connectivity index (χ0) is 16.8. The molecule has 0 heterocycles. The van der Waals surface area contributed by atoms with Gasteiger partial charge in [0.25, 0.3) is 0 Å². The van der Waals surface area contributed by atoms with Gasteiger partial charge in [-0.3, -0.25) is 0 Å². The molecule has 0 aromatic heterocycles. The van der Waals surface area contributed by atoms with Crippen molar-refractivity contribution in [2.24, 2.45) is 11.8 Å². The number of unbranched alkanes of at least 4 members (excludes halogenated alkanes) is 2. The summed E-state index contributed by atoms with van der Waals surface area (Å²) in [6.07, 6.45) is 19.6. The van der Waals surface area contributed by atoms with E-state index < -0.39 is 0 Å². The average molecular weight is 387 g/mol. The number of halogens is 1. The second kappa shape index (κ2) is 8.52. The van der Waals surface area contributed by atoms with Gasteiger partial charge in [-0.05, 0) is 42.2 Å². The predicted octanol–water partition coefficient (Wildman–Crippen LogP) is 7.55. The third-order valence-electron chi connectivity index (χ3n) is 6.02. The van der Waals surface area contributed by atoms with Crippen LogP contribution in [-0.2, 0) is 0 Å². The lowest BCUT2D eigenvalue weighted by atomic mass is 9.72. The Kier molecular flexibility index (Phi) is 6.38. The molecule has 130 valence electrons. The first-order chi connectivity index (χ1) is 11.7. The summed E-state index contributed by atoms with van der Waals surface area (Å²) in [5.74, 6) is 1.79. The summed E-state index contributed by atoms with van der Waals surface area (Å²) in [5.41, 5.74) is 2.71. The molecular formula is C23H31Br. The second-order valence-corrected chi connectivity index (χ2v) is 9.18. The summed E-state index contributed by atoms with van der Waals surface area (Å²) in [6.45, 7) is 2.30. The predicted molar refractivity (Wildman–Crippen MR) is 109 cm³/mol. The zero-order valence-electron chi connectivity index (χ0n) is 15.0. The van der Waals surface area contributed by atoms with E-state index in [-0.39, 0.29) is 4.32 Å². The Morgan fingerprint density at radius 3 is 2.42 bits per heavy atom. The van der Waals surface area contributed by atoms with Crippen LogP contribution >= 0.6 is 15.9 Å². The third-order valence-corrected chi connectivity index (χ3v) is 7.26. The molecule has 0 spiro atoms. The molecule has 1 heteroatoms. The molecule has 1 aromatic rings. The van der Waals surface area contributed by atoms with Crippen molar-refractivity contribution in [3.63, 3.8) is 0 Å². The molecule has 1 unspecified atom stereocenters. The maximum atomic E-state index is 4.11. The summed E-state index contributed by atoms with van der Waals surface area (Å²) in [5, 5.41) is 0. The van der Waals surface area contributed by atoms with Crippen molar-refractivity contribution in [1.82, 2.24) is 0 Å². The minimum Gasteiger partial charge on any atom is -0.0801 e. The molecule has 0 nitrogen and oxygen atoms in total. The Bertz CT molecular complexity index is 563. The quantitative estimate of drug-likeness (QED) is 0.349. The van der Waals surface area contributed by atoms with E-state index in [2.05, 4.69) is 71.4 Å². The van der Waals surface area contributed by atoms with Crippen molar-refractivity contribution in [2.45, 2.75) is 69.0 Å². The van der Waals surface area contributed by atoms with Gasteiger partial charge >= 0.3 is 0 Å². The van der Waals surface area contributed by atoms with E-state index >= 15 is 0 Å². The van der Waals surface area contributed by atoms with Gasteiger partial charge in [-0.25, -0.2) is 0 Å². The lowest BCUT2D eigenvalue weighted by Gasteiger charge is -2.39. The lowest BCUT2D eigenvalue weighted by Crippen LogP contribution is -2.33. The molecular weight excluding hydrogens is 356 g/mol. The fourth-order valence-corrected chi connectivity index (χ4v) is 5.14. The molecule has 1 fully saturated rings. The fourth-order valence-electron chi connectivity index (χ4n) is 4.39. The summed E-state index contributed by atoms with van der Waals surface area (Å²) in [6, 6.07) is 10.8. The van der Waals surface area contributed by atoms with Gasteiger partial charge in [0.15, 0.2) is 0 Å². The lowest BCUT2D eigenvalue weighted by molar-refractivity contribution is 0.235. The number of allylic oxidation sites excluding steroid dienone is 4. The molecule has 0 N–H and O–H groups in total. The number of benzene rings is 1. The van der Waals surface area contributed by atoms with Crippen molar-refractivity contribution >= 4 is 21.5 Å². The van der Waals surface area contributed by atoms with Gasteiger partial charge in [-0.15, -0.1) is 0 Å². The van der Waals surface area contributed by atoms with Crippen molar-refractivity contribution in [3.8, 4) is 0 Å².